The lowest BCUT2D eigenvalue weighted by molar-refractivity contribution is -0.121. The molecule has 0 fully saturated rings. The van der Waals surface area contributed by atoms with E-state index in [4.69, 9.17) is 0 Å². The van der Waals surface area contributed by atoms with Crippen molar-refractivity contribution >= 4 is 27.3 Å². The second-order valence-corrected chi connectivity index (χ2v) is 9.47. The molecule has 0 spiro atoms. The van der Waals surface area contributed by atoms with Gasteiger partial charge in [0.1, 0.15) is 4.21 Å². The molecule has 0 saturated carbocycles. The Kier molecular flexibility index (Phi) is 7.97. The topological polar surface area (TPSA) is 69.7 Å². The number of nitrogens with one attached hydrogen (secondary N) is 1. The molecule has 1 amide bonds. The molecule has 8 heteroatoms. The van der Waals surface area contributed by atoms with E-state index < -0.39 is 10.0 Å². The van der Waals surface area contributed by atoms with Gasteiger partial charge in [-0.1, -0.05) is 44.2 Å². The van der Waals surface area contributed by atoms with E-state index in [1.807, 2.05) is 12.1 Å². The molecule has 6 nitrogen and oxygen atoms in total. The summed E-state index contributed by atoms with van der Waals surface area (Å²) in [6.07, 6.45) is 0. The lowest BCUT2D eigenvalue weighted by Gasteiger charge is -2.18. The number of hydrogen-bond donors (Lipinski definition) is 1. The Hall–Kier alpha value is -1.74. The lowest BCUT2D eigenvalue weighted by atomic mass is 10.1. The highest BCUT2D eigenvalue weighted by Gasteiger charge is 2.23. The van der Waals surface area contributed by atoms with E-state index in [1.165, 1.54) is 18.7 Å². The van der Waals surface area contributed by atoms with Gasteiger partial charge < -0.3 is 5.32 Å². The predicted molar refractivity (Wildman–Crippen MR) is 109 cm³/mol. The van der Waals surface area contributed by atoms with Crippen LogP contribution in [0.1, 0.15) is 25.0 Å². The molecule has 27 heavy (non-hydrogen) atoms. The van der Waals surface area contributed by atoms with E-state index in [0.29, 0.717) is 6.54 Å². The summed E-state index contributed by atoms with van der Waals surface area (Å²) < 4.78 is 26.0. The van der Waals surface area contributed by atoms with Crippen molar-refractivity contribution in [2.75, 3.05) is 26.7 Å². The fourth-order valence-electron chi connectivity index (χ4n) is 2.58. The Morgan fingerprint density at radius 2 is 1.70 bits per heavy atom. The second kappa shape index (κ2) is 9.98. The molecule has 148 valence electrons. The van der Waals surface area contributed by atoms with Crippen molar-refractivity contribution in [3.05, 3.63) is 52.9 Å². The molecule has 0 bridgehead atoms. The van der Waals surface area contributed by atoms with Crippen LogP contribution in [0.25, 0.3) is 0 Å². The standard InChI is InChI=1S/C19H27N3O3S2/c1-4-22(5-2)14-17-10-8-16(9-11-17)13-20-18(23)15-21(3)27(24,25)19-7-6-12-26-19/h6-12H,4-5,13-15H2,1-3H3,(H,20,23). The second-order valence-electron chi connectivity index (χ2n) is 6.25. The van der Waals surface area contributed by atoms with Crippen LogP contribution in [-0.2, 0) is 27.9 Å². The van der Waals surface area contributed by atoms with Gasteiger partial charge in [-0.3, -0.25) is 9.69 Å². The Balaban J connectivity index is 1.85. The van der Waals surface area contributed by atoms with Gasteiger partial charge in [0.2, 0.25) is 5.91 Å². The average Bonchev–Trinajstić information content (AvgIpc) is 3.21. The van der Waals surface area contributed by atoms with E-state index in [0.717, 1.165) is 40.8 Å². The molecular formula is C19H27N3O3S2. The van der Waals surface area contributed by atoms with E-state index in [9.17, 15) is 13.2 Å². The van der Waals surface area contributed by atoms with Crippen molar-refractivity contribution in [2.24, 2.45) is 0 Å². The van der Waals surface area contributed by atoms with Gasteiger partial charge in [-0.2, -0.15) is 4.31 Å². The SMILES string of the molecule is CCN(CC)Cc1ccc(CNC(=O)CN(C)S(=O)(=O)c2cccs2)cc1. The highest BCUT2D eigenvalue weighted by molar-refractivity contribution is 7.91. The van der Waals surface area contributed by atoms with Crippen LogP contribution < -0.4 is 5.32 Å². The summed E-state index contributed by atoms with van der Waals surface area (Å²) >= 11 is 1.14. The van der Waals surface area contributed by atoms with Gasteiger partial charge in [-0.05, 0) is 35.7 Å². The number of sulfonamides is 1. The van der Waals surface area contributed by atoms with Gasteiger partial charge in [-0.25, -0.2) is 8.42 Å². The Morgan fingerprint density at radius 3 is 2.26 bits per heavy atom. The first-order valence-electron chi connectivity index (χ1n) is 8.93. The Labute approximate surface area is 165 Å². The summed E-state index contributed by atoms with van der Waals surface area (Å²) in [4.78, 5) is 14.4. The fourth-order valence-corrected chi connectivity index (χ4v) is 4.90. The number of benzene rings is 1. The van der Waals surface area contributed by atoms with E-state index >= 15 is 0 Å². The number of hydrogen-bond acceptors (Lipinski definition) is 5. The average molecular weight is 410 g/mol. The van der Waals surface area contributed by atoms with Crippen LogP contribution in [0.4, 0.5) is 0 Å². The van der Waals surface area contributed by atoms with Gasteiger partial charge in [-0.15, -0.1) is 11.3 Å². The monoisotopic (exact) mass is 409 g/mol. The largest absolute Gasteiger partial charge is 0.351 e. The molecule has 1 N–H and O–H groups in total. The van der Waals surface area contributed by atoms with Crippen molar-refractivity contribution in [1.29, 1.82) is 0 Å². The number of likely N-dealkylation sites (N-methyl/N-ethyl adjacent to an activating group) is 1. The minimum absolute atomic E-state index is 0.208. The molecule has 1 aromatic heterocycles. The summed E-state index contributed by atoms with van der Waals surface area (Å²) in [6.45, 7) is 7.38. The Bertz CT molecular complexity index is 814. The maximum absolute atomic E-state index is 12.3. The minimum Gasteiger partial charge on any atom is -0.351 e. The van der Waals surface area contributed by atoms with E-state index in [-0.39, 0.29) is 16.7 Å². The highest BCUT2D eigenvalue weighted by atomic mass is 32.2. The van der Waals surface area contributed by atoms with Crippen molar-refractivity contribution in [3.8, 4) is 0 Å². The van der Waals surface area contributed by atoms with Crippen LogP contribution in [0.3, 0.4) is 0 Å². The van der Waals surface area contributed by atoms with Crippen LogP contribution >= 0.6 is 11.3 Å². The van der Waals surface area contributed by atoms with Crippen LogP contribution in [0, 0.1) is 0 Å². The summed E-state index contributed by atoms with van der Waals surface area (Å²) in [5, 5.41) is 4.48. The molecule has 0 aliphatic carbocycles. The van der Waals surface area contributed by atoms with Crippen molar-refractivity contribution in [1.82, 2.24) is 14.5 Å². The van der Waals surface area contributed by atoms with Gasteiger partial charge >= 0.3 is 0 Å². The van der Waals surface area contributed by atoms with Gasteiger partial charge in [0, 0.05) is 20.1 Å². The summed E-state index contributed by atoms with van der Waals surface area (Å²) in [5.41, 5.74) is 2.21. The number of carbonyl (C=O) groups is 1. The van der Waals surface area contributed by atoms with E-state index in [1.54, 1.807) is 11.4 Å². The van der Waals surface area contributed by atoms with Crippen molar-refractivity contribution in [2.45, 2.75) is 31.1 Å². The van der Waals surface area contributed by atoms with Gasteiger partial charge in [0.15, 0.2) is 0 Å². The highest BCUT2D eigenvalue weighted by Crippen LogP contribution is 2.19. The number of thiophene rings is 1. The number of amides is 1. The first kappa shape index (κ1) is 21.6. The summed E-state index contributed by atoms with van der Waals surface area (Å²) in [5.74, 6) is -0.329. The number of nitrogens with zero attached hydrogens (tertiary/aromatic N) is 2. The van der Waals surface area contributed by atoms with Crippen LogP contribution in [-0.4, -0.2) is 50.2 Å². The predicted octanol–water partition coefficient (Wildman–Crippen LogP) is 2.53. The normalized spacial score (nSPS) is 11.9. The molecule has 1 heterocycles. The van der Waals surface area contributed by atoms with Crippen molar-refractivity contribution < 1.29 is 13.2 Å². The van der Waals surface area contributed by atoms with Gasteiger partial charge in [0.05, 0.1) is 6.54 Å². The maximum Gasteiger partial charge on any atom is 0.252 e. The molecule has 2 rings (SSSR count). The summed E-state index contributed by atoms with van der Waals surface area (Å²) in [6, 6.07) is 11.3. The Morgan fingerprint density at radius 1 is 1.07 bits per heavy atom. The zero-order chi connectivity index (χ0) is 19.9. The molecule has 1 aromatic carbocycles. The van der Waals surface area contributed by atoms with Crippen LogP contribution in [0.5, 0.6) is 0 Å². The zero-order valence-electron chi connectivity index (χ0n) is 16.0. The zero-order valence-corrected chi connectivity index (χ0v) is 17.6. The fraction of sp³-hybridized carbons (Fsp3) is 0.421. The molecule has 0 saturated heterocycles. The smallest absolute Gasteiger partial charge is 0.252 e. The molecule has 2 aromatic rings. The maximum atomic E-state index is 12.3. The lowest BCUT2D eigenvalue weighted by Crippen LogP contribution is -2.37. The van der Waals surface area contributed by atoms with Crippen molar-refractivity contribution in [3.63, 3.8) is 0 Å². The first-order chi connectivity index (χ1) is 12.9. The number of carbonyl (C=O) groups excluding carboxylic acids is 1. The van der Waals surface area contributed by atoms with Crippen LogP contribution in [0.2, 0.25) is 0 Å². The third kappa shape index (κ3) is 6.14. The molecular weight excluding hydrogens is 382 g/mol. The minimum atomic E-state index is -3.61. The number of rotatable bonds is 10. The third-order valence-electron chi connectivity index (χ3n) is 4.34. The van der Waals surface area contributed by atoms with E-state index in [2.05, 4.69) is 36.2 Å². The molecule has 0 atom stereocenters. The quantitative estimate of drug-likeness (QED) is 0.655. The molecule has 0 unspecified atom stereocenters. The first-order valence-corrected chi connectivity index (χ1v) is 11.3. The summed E-state index contributed by atoms with van der Waals surface area (Å²) in [7, 11) is -2.20. The molecule has 0 aliphatic rings. The van der Waals surface area contributed by atoms with Crippen LogP contribution in [0.15, 0.2) is 46.0 Å². The molecule has 0 aliphatic heterocycles. The molecule has 0 radical (unpaired) electrons. The van der Waals surface area contributed by atoms with Gasteiger partial charge in [0.25, 0.3) is 10.0 Å². The third-order valence-corrected chi connectivity index (χ3v) is 7.52.